The third-order valence-electron chi connectivity index (χ3n) is 3.13. The van der Waals surface area contributed by atoms with Crippen LogP contribution in [0.4, 0.5) is 0 Å². The molecular formula is C15H19N3O3. The molecule has 1 aromatic heterocycles. The second-order valence-electron chi connectivity index (χ2n) is 4.52. The SMILES string of the molecule is CCOc1ccccc1CN(CC)C(=O)c1c[nH]c(=O)[nH]1. The molecule has 0 atom stereocenters. The molecule has 2 aromatic rings. The number of carbonyl (C=O) groups is 1. The Hall–Kier alpha value is -2.50. The first-order chi connectivity index (χ1) is 10.2. The summed E-state index contributed by atoms with van der Waals surface area (Å²) >= 11 is 0. The quantitative estimate of drug-likeness (QED) is 0.850. The van der Waals surface area contributed by atoms with Gasteiger partial charge in [-0.15, -0.1) is 0 Å². The summed E-state index contributed by atoms with van der Waals surface area (Å²) in [7, 11) is 0. The number of para-hydroxylation sites is 1. The van der Waals surface area contributed by atoms with Crippen LogP contribution in [0.15, 0.2) is 35.3 Å². The topological polar surface area (TPSA) is 78.2 Å². The number of carbonyl (C=O) groups excluding carboxylic acids is 1. The number of amides is 1. The summed E-state index contributed by atoms with van der Waals surface area (Å²) in [5.74, 6) is 0.552. The summed E-state index contributed by atoms with van der Waals surface area (Å²) in [6.07, 6.45) is 1.39. The molecule has 0 saturated heterocycles. The van der Waals surface area contributed by atoms with E-state index in [9.17, 15) is 9.59 Å². The van der Waals surface area contributed by atoms with Crippen LogP contribution in [0.3, 0.4) is 0 Å². The molecule has 1 heterocycles. The van der Waals surface area contributed by atoms with E-state index in [1.54, 1.807) is 4.90 Å². The average molecular weight is 289 g/mol. The normalized spacial score (nSPS) is 10.4. The molecule has 21 heavy (non-hydrogen) atoms. The minimum Gasteiger partial charge on any atom is -0.494 e. The largest absolute Gasteiger partial charge is 0.494 e. The Balaban J connectivity index is 2.19. The fourth-order valence-corrected chi connectivity index (χ4v) is 2.08. The third-order valence-corrected chi connectivity index (χ3v) is 3.13. The fourth-order valence-electron chi connectivity index (χ4n) is 2.08. The van der Waals surface area contributed by atoms with Gasteiger partial charge in [0.15, 0.2) is 0 Å². The van der Waals surface area contributed by atoms with Crippen molar-refractivity contribution in [1.29, 1.82) is 0 Å². The summed E-state index contributed by atoms with van der Waals surface area (Å²) in [6.45, 7) is 5.35. The Morgan fingerprint density at radius 1 is 1.29 bits per heavy atom. The number of nitrogens with one attached hydrogen (secondary N) is 2. The van der Waals surface area contributed by atoms with E-state index >= 15 is 0 Å². The Morgan fingerprint density at radius 3 is 2.67 bits per heavy atom. The lowest BCUT2D eigenvalue weighted by Crippen LogP contribution is -2.31. The number of benzene rings is 1. The number of hydrogen-bond acceptors (Lipinski definition) is 3. The summed E-state index contributed by atoms with van der Waals surface area (Å²) in [4.78, 5) is 30.0. The predicted molar refractivity (Wildman–Crippen MR) is 79.4 cm³/mol. The van der Waals surface area contributed by atoms with Gasteiger partial charge in [-0.05, 0) is 19.9 Å². The van der Waals surface area contributed by atoms with Gasteiger partial charge < -0.3 is 19.6 Å². The van der Waals surface area contributed by atoms with Crippen LogP contribution in [0.2, 0.25) is 0 Å². The van der Waals surface area contributed by atoms with Crippen LogP contribution >= 0.6 is 0 Å². The first-order valence-corrected chi connectivity index (χ1v) is 6.93. The lowest BCUT2D eigenvalue weighted by atomic mass is 10.2. The van der Waals surface area contributed by atoms with E-state index in [1.807, 2.05) is 38.1 Å². The minimum atomic E-state index is -0.385. The summed E-state index contributed by atoms with van der Waals surface area (Å²) in [6, 6.07) is 7.63. The number of aromatic amines is 2. The molecule has 0 aliphatic rings. The molecule has 2 N–H and O–H groups in total. The molecular weight excluding hydrogens is 270 g/mol. The first kappa shape index (κ1) is 14.9. The van der Waals surface area contributed by atoms with E-state index in [1.165, 1.54) is 6.20 Å². The maximum Gasteiger partial charge on any atom is 0.323 e. The molecule has 1 aromatic carbocycles. The molecule has 0 saturated carbocycles. The third kappa shape index (κ3) is 3.53. The molecule has 6 nitrogen and oxygen atoms in total. The zero-order valence-electron chi connectivity index (χ0n) is 12.2. The molecule has 1 amide bonds. The zero-order valence-corrected chi connectivity index (χ0v) is 12.2. The standard InChI is InChI=1S/C15H19N3O3/c1-3-18(14(19)12-9-16-15(20)17-12)10-11-7-5-6-8-13(11)21-4-2/h5-9H,3-4,10H2,1-2H3,(H2,16,17,20). The highest BCUT2D eigenvalue weighted by Crippen LogP contribution is 2.20. The van der Waals surface area contributed by atoms with Crippen molar-refractivity contribution in [2.75, 3.05) is 13.2 Å². The lowest BCUT2D eigenvalue weighted by molar-refractivity contribution is 0.0746. The number of H-pyrrole nitrogens is 2. The average Bonchev–Trinajstić information content (AvgIpc) is 2.92. The van der Waals surface area contributed by atoms with Crippen LogP contribution in [-0.4, -0.2) is 33.9 Å². The molecule has 2 rings (SSSR count). The van der Waals surface area contributed by atoms with Gasteiger partial charge in [0.2, 0.25) is 0 Å². The molecule has 0 spiro atoms. The molecule has 0 aliphatic carbocycles. The zero-order chi connectivity index (χ0) is 15.2. The molecule has 6 heteroatoms. The van der Waals surface area contributed by atoms with Gasteiger partial charge in [-0.3, -0.25) is 4.79 Å². The number of rotatable bonds is 6. The van der Waals surface area contributed by atoms with E-state index in [2.05, 4.69) is 9.97 Å². The van der Waals surface area contributed by atoms with Gasteiger partial charge in [-0.25, -0.2) is 4.79 Å². The van der Waals surface area contributed by atoms with Crippen LogP contribution in [-0.2, 0) is 6.54 Å². The van der Waals surface area contributed by atoms with E-state index in [0.717, 1.165) is 11.3 Å². The van der Waals surface area contributed by atoms with Crippen LogP contribution in [0.25, 0.3) is 0 Å². The smallest absolute Gasteiger partial charge is 0.323 e. The summed E-state index contributed by atoms with van der Waals surface area (Å²) in [5, 5.41) is 0. The number of ether oxygens (including phenoxy) is 1. The number of imidazole rings is 1. The Bertz CT molecular complexity index is 660. The summed E-state index contributed by atoms with van der Waals surface area (Å²) < 4.78 is 5.57. The maximum absolute atomic E-state index is 12.4. The molecule has 0 aliphatic heterocycles. The van der Waals surface area contributed by atoms with Crippen molar-refractivity contribution in [1.82, 2.24) is 14.9 Å². The van der Waals surface area contributed by atoms with Crippen molar-refractivity contribution in [3.8, 4) is 5.75 Å². The van der Waals surface area contributed by atoms with Gasteiger partial charge in [0.05, 0.1) is 6.61 Å². The Morgan fingerprint density at radius 2 is 2.05 bits per heavy atom. The van der Waals surface area contributed by atoms with Gasteiger partial charge >= 0.3 is 5.69 Å². The van der Waals surface area contributed by atoms with Crippen LogP contribution < -0.4 is 10.4 Å². The van der Waals surface area contributed by atoms with Crippen molar-refractivity contribution >= 4 is 5.91 Å². The Labute approximate surface area is 122 Å². The Kier molecular flexibility index (Phi) is 4.81. The lowest BCUT2D eigenvalue weighted by Gasteiger charge is -2.21. The second kappa shape index (κ2) is 6.78. The highest BCUT2D eigenvalue weighted by Gasteiger charge is 2.17. The van der Waals surface area contributed by atoms with Crippen molar-refractivity contribution in [2.45, 2.75) is 20.4 Å². The van der Waals surface area contributed by atoms with Crippen LogP contribution in [0, 0.1) is 0 Å². The van der Waals surface area contributed by atoms with Gasteiger partial charge in [-0.1, -0.05) is 18.2 Å². The predicted octanol–water partition coefficient (Wildman–Crippen LogP) is 1.76. The number of hydrogen-bond donors (Lipinski definition) is 2. The van der Waals surface area contributed by atoms with E-state index in [0.29, 0.717) is 19.7 Å². The molecule has 112 valence electrons. The van der Waals surface area contributed by atoms with E-state index < -0.39 is 0 Å². The summed E-state index contributed by atoms with van der Waals surface area (Å²) in [5.41, 5.74) is 0.812. The number of nitrogens with zero attached hydrogens (tertiary/aromatic N) is 1. The van der Waals surface area contributed by atoms with Gasteiger partial charge in [0, 0.05) is 24.8 Å². The monoisotopic (exact) mass is 289 g/mol. The molecule has 0 radical (unpaired) electrons. The second-order valence-corrected chi connectivity index (χ2v) is 4.52. The van der Waals surface area contributed by atoms with Crippen molar-refractivity contribution in [3.05, 3.63) is 52.2 Å². The molecule has 0 fully saturated rings. The van der Waals surface area contributed by atoms with Crippen LogP contribution in [0.1, 0.15) is 29.9 Å². The van der Waals surface area contributed by atoms with Crippen molar-refractivity contribution in [3.63, 3.8) is 0 Å². The van der Waals surface area contributed by atoms with Gasteiger partial charge in [-0.2, -0.15) is 0 Å². The fraction of sp³-hybridized carbons (Fsp3) is 0.333. The van der Waals surface area contributed by atoms with E-state index in [4.69, 9.17) is 4.74 Å². The van der Waals surface area contributed by atoms with Crippen molar-refractivity contribution in [2.24, 2.45) is 0 Å². The number of aromatic nitrogens is 2. The highest BCUT2D eigenvalue weighted by molar-refractivity contribution is 5.92. The maximum atomic E-state index is 12.4. The van der Waals surface area contributed by atoms with Crippen molar-refractivity contribution < 1.29 is 9.53 Å². The first-order valence-electron chi connectivity index (χ1n) is 6.93. The highest BCUT2D eigenvalue weighted by atomic mass is 16.5. The molecule has 0 unspecified atom stereocenters. The van der Waals surface area contributed by atoms with Crippen LogP contribution in [0.5, 0.6) is 5.75 Å². The van der Waals surface area contributed by atoms with Gasteiger partial charge in [0.1, 0.15) is 11.4 Å². The van der Waals surface area contributed by atoms with E-state index in [-0.39, 0.29) is 17.3 Å². The molecule has 0 bridgehead atoms. The minimum absolute atomic E-state index is 0.220. The van der Waals surface area contributed by atoms with Gasteiger partial charge in [0.25, 0.3) is 5.91 Å².